The topological polar surface area (TPSA) is 105 Å². The summed E-state index contributed by atoms with van der Waals surface area (Å²) in [4.78, 5) is 22.5. The van der Waals surface area contributed by atoms with Gasteiger partial charge < -0.3 is 15.8 Å². The van der Waals surface area contributed by atoms with Gasteiger partial charge in [0.15, 0.2) is 0 Å². The SMILES string of the molecule is CC(C[CH]C(=O)N[C@@H](C#N)COCc1ccccc1)C(N)=O. The number of nitrogens with one attached hydrogen (secondary N) is 1. The lowest BCUT2D eigenvalue weighted by Crippen LogP contribution is -2.37. The Hall–Kier alpha value is -2.39. The van der Waals surface area contributed by atoms with Gasteiger partial charge in [0.2, 0.25) is 11.8 Å². The highest BCUT2D eigenvalue weighted by Crippen LogP contribution is 2.04. The van der Waals surface area contributed by atoms with Gasteiger partial charge in [-0.1, -0.05) is 37.3 Å². The zero-order valence-electron chi connectivity index (χ0n) is 12.5. The van der Waals surface area contributed by atoms with Crippen LogP contribution in [0.3, 0.4) is 0 Å². The van der Waals surface area contributed by atoms with Crippen molar-refractivity contribution in [1.29, 1.82) is 5.26 Å². The Morgan fingerprint density at radius 2 is 2.09 bits per heavy atom. The van der Waals surface area contributed by atoms with Gasteiger partial charge >= 0.3 is 0 Å². The number of ether oxygens (including phenoxy) is 1. The molecule has 0 saturated heterocycles. The second-order valence-corrected chi connectivity index (χ2v) is 4.93. The van der Waals surface area contributed by atoms with Crippen LogP contribution < -0.4 is 11.1 Å². The van der Waals surface area contributed by atoms with E-state index in [0.717, 1.165) is 5.56 Å². The molecule has 1 aromatic rings. The minimum atomic E-state index is -0.739. The van der Waals surface area contributed by atoms with Crippen molar-refractivity contribution in [2.45, 2.75) is 26.0 Å². The molecule has 0 aliphatic carbocycles. The summed E-state index contributed by atoms with van der Waals surface area (Å²) in [6, 6.07) is 10.8. The average Bonchev–Trinajstić information content (AvgIpc) is 2.52. The highest BCUT2D eigenvalue weighted by Gasteiger charge is 2.15. The Morgan fingerprint density at radius 1 is 1.41 bits per heavy atom. The fourth-order valence-corrected chi connectivity index (χ4v) is 1.61. The highest BCUT2D eigenvalue weighted by atomic mass is 16.5. The van der Waals surface area contributed by atoms with Crippen molar-refractivity contribution in [2.75, 3.05) is 6.61 Å². The number of amides is 2. The van der Waals surface area contributed by atoms with Crippen molar-refractivity contribution in [2.24, 2.45) is 11.7 Å². The third kappa shape index (κ3) is 6.86. The van der Waals surface area contributed by atoms with Gasteiger partial charge in [-0.2, -0.15) is 5.26 Å². The Bertz CT molecular complexity index is 525. The van der Waals surface area contributed by atoms with Crippen molar-refractivity contribution in [3.8, 4) is 6.07 Å². The molecule has 2 atom stereocenters. The smallest absolute Gasteiger partial charge is 0.225 e. The van der Waals surface area contributed by atoms with Gasteiger partial charge in [-0.25, -0.2) is 0 Å². The summed E-state index contributed by atoms with van der Waals surface area (Å²) in [6.45, 7) is 2.10. The summed E-state index contributed by atoms with van der Waals surface area (Å²) in [6.07, 6.45) is 1.56. The highest BCUT2D eigenvalue weighted by molar-refractivity contribution is 5.86. The molecule has 2 amide bonds. The number of hydrogen-bond acceptors (Lipinski definition) is 4. The van der Waals surface area contributed by atoms with Crippen molar-refractivity contribution >= 4 is 11.8 Å². The number of hydrogen-bond donors (Lipinski definition) is 2. The summed E-state index contributed by atoms with van der Waals surface area (Å²) < 4.78 is 5.41. The van der Waals surface area contributed by atoms with E-state index in [2.05, 4.69) is 5.32 Å². The summed E-state index contributed by atoms with van der Waals surface area (Å²) in [5, 5.41) is 11.5. The molecule has 117 valence electrons. The third-order valence-electron chi connectivity index (χ3n) is 3.01. The lowest BCUT2D eigenvalue weighted by molar-refractivity contribution is -0.121. The number of rotatable bonds is 9. The van der Waals surface area contributed by atoms with Crippen LogP contribution in [0.2, 0.25) is 0 Å². The van der Waals surface area contributed by atoms with Crippen LogP contribution in [-0.2, 0) is 20.9 Å². The number of nitrogens with zero attached hydrogens (tertiary/aromatic N) is 1. The lowest BCUT2D eigenvalue weighted by Gasteiger charge is -2.13. The summed E-state index contributed by atoms with van der Waals surface area (Å²) in [5.41, 5.74) is 6.10. The fraction of sp³-hybridized carbons (Fsp3) is 0.375. The molecule has 0 aromatic heterocycles. The van der Waals surface area contributed by atoms with Crippen LogP contribution in [0.5, 0.6) is 0 Å². The van der Waals surface area contributed by atoms with E-state index < -0.39 is 23.8 Å². The fourth-order valence-electron chi connectivity index (χ4n) is 1.61. The van der Waals surface area contributed by atoms with Crippen molar-refractivity contribution < 1.29 is 14.3 Å². The van der Waals surface area contributed by atoms with E-state index in [9.17, 15) is 9.59 Å². The minimum absolute atomic E-state index is 0.0936. The lowest BCUT2D eigenvalue weighted by atomic mass is 10.1. The van der Waals surface area contributed by atoms with Gasteiger partial charge in [-0.3, -0.25) is 9.59 Å². The van der Waals surface area contributed by atoms with Crippen LogP contribution in [0.4, 0.5) is 0 Å². The molecule has 6 nitrogen and oxygen atoms in total. The van der Waals surface area contributed by atoms with E-state index in [-0.39, 0.29) is 13.0 Å². The van der Waals surface area contributed by atoms with E-state index >= 15 is 0 Å². The zero-order valence-corrected chi connectivity index (χ0v) is 12.5. The standard InChI is InChI=1S/C16H20N3O3/c1-12(16(18)21)7-8-15(20)19-14(9-17)11-22-10-13-5-3-2-4-6-13/h2-6,8,12,14H,7,10-11H2,1H3,(H2,18,21)(H,19,20)/t12?,14-/m0/s1. The quantitative estimate of drug-likeness (QED) is 0.707. The van der Waals surface area contributed by atoms with Crippen molar-refractivity contribution in [1.82, 2.24) is 5.32 Å². The average molecular weight is 302 g/mol. The second kappa shape index (κ2) is 9.53. The molecule has 1 rings (SSSR count). The zero-order chi connectivity index (χ0) is 16.4. The normalized spacial score (nSPS) is 12.9. The van der Waals surface area contributed by atoms with Gasteiger partial charge in [0, 0.05) is 5.92 Å². The molecule has 0 spiro atoms. The van der Waals surface area contributed by atoms with Crippen LogP contribution in [0, 0.1) is 23.7 Å². The molecule has 0 aliphatic rings. The molecular weight excluding hydrogens is 282 g/mol. The maximum absolute atomic E-state index is 11.6. The van der Waals surface area contributed by atoms with E-state index in [1.807, 2.05) is 36.4 Å². The Morgan fingerprint density at radius 3 is 2.68 bits per heavy atom. The van der Waals surface area contributed by atoms with E-state index in [4.69, 9.17) is 15.7 Å². The molecule has 0 bridgehead atoms. The molecule has 0 heterocycles. The first kappa shape index (κ1) is 17.7. The summed E-state index contributed by atoms with van der Waals surface area (Å²) in [7, 11) is 0. The first-order valence-corrected chi connectivity index (χ1v) is 6.97. The van der Waals surface area contributed by atoms with Crippen LogP contribution in [0.15, 0.2) is 30.3 Å². The number of carbonyl (C=O) groups is 2. The van der Waals surface area contributed by atoms with Crippen LogP contribution in [0.1, 0.15) is 18.9 Å². The van der Waals surface area contributed by atoms with Crippen molar-refractivity contribution in [3.63, 3.8) is 0 Å². The predicted molar refractivity (Wildman–Crippen MR) is 80.9 cm³/mol. The van der Waals surface area contributed by atoms with E-state index in [0.29, 0.717) is 6.61 Å². The Labute approximate surface area is 130 Å². The second-order valence-electron chi connectivity index (χ2n) is 4.93. The maximum atomic E-state index is 11.6. The number of benzene rings is 1. The monoisotopic (exact) mass is 302 g/mol. The molecule has 6 heteroatoms. The molecule has 0 aliphatic heterocycles. The number of nitrogens with two attached hydrogens (primary N) is 1. The molecule has 0 fully saturated rings. The van der Waals surface area contributed by atoms with E-state index in [1.165, 1.54) is 6.42 Å². The first-order chi connectivity index (χ1) is 10.5. The Balaban J connectivity index is 2.28. The van der Waals surface area contributed by atoms with Gasteiger partial charge in [0.25, 0.3) is 0 Å². The third-order valence-corrected chi connectivity index (χ3v) is 3.01. The molecule has 3 N–H and O–H groups in total. The van der Waals surface area contributed by atoms with Gasteiger partial charge in [-0.15, -0.1) is 0 Å². The van der Waals surface area contributed by atoms with Crippen molar-refractivity contribution in [3.05, 3.63) is 42.3 Å². The van der Waals surface area contributed by atoms with Crippen LogP contribution in [0.25, 0.3) is 0 Å². The molecule has 1 aromatic carbocycles. The number of carbonyl (C=O) groups excluding carboxylic acids is 2. The Kier molecular flexibility index (Phi) is 7.65. The molecule has 22 heavy (non-hydrogen) atoms. The molecular formula is C16H20N3O3. The summed E-state index contributed by atoms with van der Waals surface area (Å²) in [5.74, 6) is -1.30. The summed E-state index contributed by atoms with van der Waals surface area (Å²) >= 11 is 0. The largest absolute Gasteiger partial charge is 0.374 e. The molecule has 1 radical (unpaired) electrons. The van der Waals surface area contributed by atoms with Crippen LogP contribution >= 0.6 is 0 Å². The van der Waals surface area contributed by atoms with Gasteiger partial charge in [-0.05, 0) is 12.0 Å². The number of primary amides is 1. The van der Waals surface area contributed by atoms with E-state index in [1.54, 1.807) is 6.92 Å². The minimum Gasteiger partial charge on any atom is -0.374 e. The molecule has 1 unspecified atom stereocenters. The molecule has 0 saturated carbocycles. The first-order valence-electron chi connectivity index (χ1n) is 6.97. The maximum Gasteiger partial charge on any atom is 0.225 e. The van der Waals surface area contributed by atoms with Gasteiger partial charge in [0.1, 0.15) is 6.04 Å². The van der Waals surface area contributed by atoms with Crippen LogP contribution in [-0.4, -0.2) is 24.5 Å². The van der Waals surface area contributed by atoms with Gasteiger partial charge in [0.05, 0.1) is 25.7 Å². The number of nitriles is 1. The predicted octanol–water partition coefficient (Wildman–Crippen LogP) is 0.927.